The third kappa shape index (κ3) is 4.15. The van der Waals surface area contributed by atoms with Crippen LogP contribution in [0.5, 0.6) is 0 Å². The van der Waals surface area contributed by atoms with Crippen LogP contribution in [-0.2, 0) is 0 Å². The summed E-state index contributed by atoms with van der Waals surface area (Å²) in [6.07, 6.45) is 6.63. The normalized spacial score (nSPS) is 14.6. The van der Waals surface area contributed by atoms with Crippen LogP contribution in [-0.4, -0.2) is 61.9 Å². The summed E-state index contributed by atoms with van der Waals surface area (Å²) in [5.74, 6) is -0.00455. The van der Waals surface area contributed by atoms with Crippen LogP contribution in [0.3, 0.4) is 0 Å². The largest absolute Gasteiger partial charge is 0.336 e. The van der Waals surface area contributed by atoms with Gasteiger partial charge in [-0.3, -0.25) is 14.7 Å². The van der Waals surface area contributed by atoms with Gasteiger partial charge in [0.05, 0.1) is 35.9 Å². The summed E-state index contributed by atoms with van der Waals surface area (Å²) in [5, 5.41) is 7.80. The van der Waals surface area contributed by atoms with Crippen molar-refractivity contribution in [2.24, 2.45) is 0 Å². The van der Waals surface area contributed by atoms with E-state index in [4.69, 9.17) is 0 Å². The van der Waals surface area contributed by atoms with E-state index in [9.17, 15) is 4.79 Å². The zero-order valence-corrected chi connectivity index (χ0v) is 17.7. The zero-order valence-electron chi connectivity index (χ0n) is 17.7. The van der Waals surface area contributed by atoms with Gasteiger partial charge in [-0.2, -0.15) is 0 Å². The molecule has 0 atom stereocenters. The van der Waals surface area contributed by atoms with Crippen molar-refractivity contribution in [3.05, 3.63) is 108 Å². The summed E-state index contributed by atoms with van der Waals surface area (Å²) >= 11 is 0. The minimum absolute atomic E-state index is 0.00455. The Morgan fingerprint density at radius 2 is 1.50 bits per heavy atom. The number of rotatable bonds is 5. The number of hydrogen-bond acceptors (Lipinski definition) is 5. The quantitative estimate of drug-likeness (QED) is 0.492. The molecule has 160 valence electrons. The Kier molecular flexibility index (Phi) is 5.72. The van der Waals surface area contributed by atoms with E-state index >= 15 is 0 Å². The van der Waals surface area contributed by atoms with Crippen molar-refractivity contribution in [3.8, 4) is 5.69 Å². The number of carbonyl (C=O) groups excluding carboxylic acids is 1. The molecular weight excluding hydrogens is 400 g/mol. The fourth-order valence-corrected chi connectivity index (χ4v) is 4.27. The molecule has 0 N–H and O–H groups in total. The fourth-order valence-electron chi connectivity index (χ4n) is 4.27. The van der Waals surface area contributed by atoms with Gasteiger partial charge < -0.3 is 4.90 Å². The van der Waals surface area contributed by atoms with Gasteiger partial charge in [0.2, 0.25) is 0 Å². The van der Waals surface area contributed by atoms with Gasteiger partial charge in [-0.05, 0) is 17.2 Å². The van der Waals surface area contributed by atoms with Gasteiger partial charge in [-0.25, -0.2) is 4.68 Å². The van der Waals surface area contributed by atoms with Gasteiger partial charge >= 0.3 is 0 Å². The summed E-state index contributed by atoms with van der Waals surface area (Å²) in [6, 6.07) is 23.1. The summed E-state index contributed by atoms with van der Waals surface area (Å²) < 4.78 is 1.60. The number of pyridine rings is 1. The molecule has 0 radical (unpaired) electrons. The Morgan fingerprint density at radius 1 is 0.844 bits per heavy atom. The van der Waals surface area contributed by atoms with E-state index in [1.165, 1.54) is 11.1 Å². The molecule has 1 saturated heterocycles. The van der Waals surface area contributed by atoms with Crippen molar-refractivity contribution in [2.45, 2.75) is 6.04 Å². The molecule has 0 bridgehead atoms. The monoisotopic (exact) mass is 424 g/mol. The highest BCUT2D eigenvalue weighted by atomic mass is 16.2. The van der Waals surface area contributed by atoms with Gasteiger partial charge in [0, 0.05) is 32.4 Å². The van der Waals surface area contributed by atoms with Crippen LogP contribution in [0.1, 0.15) is 27.5 Å². The number of piperazine rings is 1. The lowest BCUT2D eigenvalue weighted by atomic mass is 9.96. The van der Waals surface area contributed by atoms with Crippen LogP contribution in [0.4, 0.5) is 0 Å². The molecule has 2 aromatic heterocycles. The van der Waals surface area contributed by atoms with Crippen LogP contribution >= 0.6 is 0 Å². The summed E-state index contributed by atoms with van der Waals surface area (Å²) in [7, 11) is 0. The van der Waals surface area contributed by atoms with Gasteiger partial charge in [-0.15, -0.1) is 5.10 Å². The molecule has 32 heavy (non-hydrogen) atoms. The minimum atomic E-state index is -0.00455. The van der Waals surface area contributed by atoms with Crippen LogP contribution in [0.15, 0.2) is 91.5 Å². The highest BCUT2D eigenvalue weighted by molar-refractivity contribution is 5.94. The number of hydrogen-bond donors (Lipinski definition) is 0. The van der Waals surface area contributed by atoms with Crippen LogP contribution in [0.2, 0.25) is 0 Å². The van der Waals surface area contributed by atoms with E-state index in [0.717, 1.165) is 18.8 Å². The predicted molar refractivity (Wildman–Crippen MR) is 121 cm³/mol. The van der Waals surface area contributed by atoms with Crippen LogP contribution < -0.4 is 0 Å². The first-order valence-corrected chi connectivity index (χ1v) is 10.7. The smallest absolute Gasteiger partial charge is 0.255 e. The van der Waals surface area contributed by atoms with Crippen molar-refractivity contribution >= 4 is 5.91 Å². The molecule has 1 amide bonds. The first-order chi connectivity index (χ1) is 15.8. The molecule has 0 unspecified atom stereocenters. The molecule has 2 aromatic carbocycles. The number of amides is 1. The maximum absolute atomic E-state index is 13.2. The van der Waals surface area contributed by atoms with Crippen molar-refractivity contribution < 1.29 is 4.79 Å². The fraction of sp³-hybridized carbons (Fsp3) is 0.200. The van der Waals surface area contributed by atoms with Crippen molar-refractivity contribution in [2.75, 3.05) is 26.2 Å². The van der Waals surface area contributed by atoms with E-state index in [1.54, 1.807) is 29.5 Å². The van der Waals surface area contributed by atoms with Crippen LogP contribution in [0, 0.1) is 0 Å². The van der Waals surface area contributed by atoms with Gasteiger partial charge in [-0.1, -0.05) is 65.9 Å². The molecule has 7 nitrogen and oxygen atoms in total. The molecule has 1 aliphatic heterocycles. The maximum Gasteiger partial charge on any atom is 0.255 e. The molecular formula is C25H24N6O. The number of carbonyl (C=O) groups is 1. The summed E-state index contributed by atoms with van der Waals surface area (Å²) in [6.45, 7) is 2.94. The Balaban J connectivity index is 1.32. The molecule has 1 fully saturated rings. The van der Waals surface area contributed by atoms with E-state index in [0.29, 0.717) is 18.7 Å². The molecule has 3 heterocycles. The lowest BCUT2D eigenvalue weighted by Gasteiger charge is -2.39. The third-order valence-corrected chi connectivity index (χ3v) is 5.86. The molecule has 0 aliphatic carbocycles. The average molecular weight is 425 g/mol. The Labute approximate surface area is 186 Å². The SMILES string of the molecule is O=C(c1cncc(-n2ccnn2)c1)N1CCN(C(c2ccccc2)c2ccccc2)CC1. The van der Waals surface area contributed by atoms with Crippen molar-refractivity contribution in [3.63, 3.8) is 0 Å². The second-order valence-corrected chi connectivity index (χ2v) is 7.83. The highest BCUT2D eigenvalue weighted by Crippen LogP contribution is 2.29. The highest BCUT2D eigenvalue weighted by Gasteiger charge is 2.28. The van der Waals surface area contributed by atoms with E-state index < -0.39 is 0 Å². The van der Waals surface area contributed by atoms with E-state index in [-0.39, 0.29) is 11.9 Å². The van der Waals surface area contributed by atoms with Gasteiger partial charge in [0.25, 0.3) is 5.91 Å². The third-order valence-electron chi connectivity index (χ3n) is 5.86. The molecule has 1 aliphatic rings. The predicted octanol–water partition coefficient (Wildman–Crippen LogP) is 3.21. The first kappa shape index (κ1) is 20.1. The standard InChI is InChI=1S/C25H24N6O/c32-25(22-17-23(19-26-18-22)31-12-11-27-28-31)30-15-13-29(14-16-30)24(20-7-3-1-4-8-20)21-9-5-2-6-10-21/h1-12,17-19,24H,13-16H2. The number of benzene rings is 2. The Morgan fingerprint density at radius 3 is 2.09 bits per heavy atom. The summed E-state index contributed by atoms with van der Waals surface area (Å²) in [4.78, 5) is 21.8. The van der Waals surface area contributed by atoms with Gasteiger partial charge in [0.1, 0.15) is 0 Å². The van der Waals surface area contributed by atoms with Crippen molar-refractivity contribution in [1.29, 1.82) is 0 Å². The lowest BCUT2D eigenvalue weighted by molar-refractivity contribution is 0.0597. The van der Waals surface area contributed by atoms with Gasteiger partial charge in [0.15, 0.2) is 0 Å². The Bertz CT molecular complexity index is 1120. The van der Waals surface area contributed by atoms with Crippen LogP contribution in [0.25, 0.3) is 5.69 Å². The lowest BCUT2D eigenvalue weighted by Crippen LogP contribution is -2.49. The number of aromatic nitrogens is 4. The minimum Gasteiger partial charge on any atom is -0.336 e. The van der Waals surface area contributed by atoms with E-state index in [1.807, 2.05) is 23.1 Å². The number of nitrogens with zero attached hydrogens (tertiary/aromatic N) is 6. The first-order valence-electron chi connectivity index (χ1n) is 10.7. The molecule has 4 aromatic rings. The Hall–Kier alpha value is -3.84. The molecule has 5 rings (SSSR count). The topological polar surface area (TPSA) is 67.2 Å². The molecule has 0 spiro atoms. The summed E-state index contributed by atoms with van der Waals surface area (Å²) in [5.41, 5.74) is 3.82. The molecule has 7 heteroatoms. The van der Waals surface area contributed by atoms with E-state index in [2.05, 4.69) is 68.7 Å². The maximum atomic E-state index is 13.2. The second-order valence-electron chi connectivity index (χ2n) is 7.83. The zero-order chi connectivity index (χ0) is 21.8. The molecule has 0 saturated carbocycles. The average Bonchev–Trinajstić information content (AvgIpc) is 3.41. The second kappa shape index (κ2) is 9.11. The van der Waals surface area contributed by atoms with Crippen molar-refractivity contribution in [1.82, 2.24) is 29.8 Å².